The number of benzene rings is 1. The van der Waals surface area contributed by atoms with Crippen molar-refractivity contribution in [2.75, 3.05) is 13.7 Å². The molecule has 1 aliphatic carbocycles. The van der Waals surface area contributed by atoms with Crippen molar-refractivity contribution in [3.05, 3.63) is 29.8 Å². The summed E-state index contributed by atoms with van der Waals surface area (Å²) in [7, 11) is 1.67. The Bertz CT molecular complexity index is 500. The van der Waals surface area contributed by atoms with Crippen LogP contribution in [0.15, 0.2) is 24.3 Å². The van der Waals surface area contributed by atoms with Crippen LogP contribution in [-0.2, 0) is 4.79 Å². The lowest BCUT2D eigenvalue weighted by Crippen LogP contribution is -2.44. The van der Waals surface area contributed by atoms with E-state index in [4.69, 9.17) is 4.74 Å². The Kier molecular flexibility index (Phi) is 4.15. The zero-order chi connectivity index (χ0) is 14.8. The molecule has 3 atom stereocenters. The fraction of sp³-hybridized carbons (Fsp3) is 0.588. The van der Waals surface area contributed by atoms with Gasteiger partial charge in [0.1, 0.15) is 11.9 Å². The highest BCUT2D eigenvalue weighted by molar-refractivity contribution is 5.81. The van der Waals surface area contributed by atoms with E-state index >= 15 is 0 Å². The molecule has 1 saturated carbocycles. The summed E-state index contributed by atoms with van der Waals surface area (Å²) < 4.78 is 5.21. The van der Waals surface area contributed by atoms with Crippen LogP contribution in [0.2, 0.25) is 0 Å². The molecule has 2 fully saturated rings. The van der Waals surface area contributed by atoms with Crippen LogP contribution in [0.4, 0.5) is 0 Å². The maximum absolute atomic E-state index is 12.4. The molecule has 3 rings (SSSR count). The van der Waals surface area contributed by atoms with Crippen LogP contribution in [-0.4, -0.2) is 30.5 Å². The topological polar surface area (TPSA) is 41.6 Å². The van der Waals surface area contributed by atoms with Crippen LogP contribution in [0.25, 0.3) is 0 Å². The molecule has 21 heavy (non-hydrogen) atoms. The number of ether oxygens (including phenoxy) is 1. The number of carbonyl (C=O) groups is 1. The van der Waals surface area contributed by atoms with Gasteiger partial charge in [0.05, 0.1) is 13.7 Å². The zero-order valence-electron chi connectivity index (χ0n) is 12.8. The number of rotatable bonds is 3. The highest BCUT2D eigenvalue weighted by Gasteiger charge is 2.39. The predicted octanol–water partition coefficient (Wildman–Crippen LogP) is 2.70. The molecule has 0 bridgehead atoms. The van der Waals surface area contributed by atoms with Gasteiger partial charge in [-0.1, -0.05) is 31.9 Å². The molecule has 1 saturated heterocycles. The number of carbonyl (C=O) groups excluding carboxylic acids is 1. The molecule has 1 aromatic carbocycles. The summed E-state index contributed by atoms with van der Waals surface area (Å²) in [5.74, 6) is 1.67. The Balaban J connectivity index is 1.84. The van der Waals surface area contributed by atoms with E-state index in [1.54, 1.807) is 7.11 Å². The Labute approximate surface area is 126 Å². The molecule has 114 valence electrons. The lowest BCUT2D eigenvalue weighted by Gasteiger charge is -2.39. The number of amides is 1. The van der Waals surface area contributed by atoms with Gasteiger partial charge < -0.3 is 9.64 Å². The third-order valence-corrected chi connectivity index (χ3v) is 4.87. The Morgan fingerprint density at radius 3 is 2.57 bits per heavy atom. The van der Waals surface area contributed by atoms with E-state index in [1.165, 1.54) is 19.3 Å². The van der Waals surface area contributed by atoms with Gasteiger partial charge in [0.2, 0.25) is 5.91 Å². The number of nitrogens with one attached hydrogen (secondary N) is 1. The standard InChI is InChI=1S/C17H24N2O2/c1-12-5-3-4-6-15(12)19-16(20)11-18-17(19)13-7-9-14(21-2)10-8-13/h7-10,12,15,17-18H,3-6,11H2,1-2H3. The quantitative estimate of drug-likeness (QED) is 0.930. The molecule has 2 aliphatic rings. The molecule has 1 amide bonds. The average molecular weight is 288 g/mol. The van der Waals surface area contributed by atoms with Gasteiger partial charge >= 0.3 is 0 Å². The first-order chi connectivity index (χ1) is 10.2. The minimum Gasteiger partial charge on any atom is -0.497 e. The summed E-state index contributed by atoms with van der Waals surface area (Å²) in [4.78, 5) is 14.5. The molecule has 0 spiro atoms. The van der Waals surface area contributed by atoms with Crippen molar-refractivity contribution in [2.45, 2.75) is 44.8 Å². The minimum atomic E-state index is 0.00829. The highest BCUT2D eigenvalue weighted by atomic mass is 16.5. The second-order valence-electron chi connectivity index (χ2n) is 6.19. The van der Waals surface area contributed by atoms with Gasteiger partial charge in [0, 0.05) is 6.04 Å². The van der Waals surface area contributed by atoms with Gasteiger partial charge in [0.25, 0.3) is 0 Å². The minimum absolute atomic E-state index is 0.00829. The van der Waals surface area contributed by atoms with Crippen LogP contribution in [0.5, 0.6) is 5.75 Å². The maximum Gasteiger partial charge on any atom is 0.238 e. The van der Waals surface area contributed by atoms with Gasteiger partial charge in [-0.15, -0.1) is 0 Å². The molecule has 4 nitrogen and oxygen atoms in total. The number of methoxy groups -OCH3 is 1. The van der Waals surface area contributed by atoms with Crippen molar-refractivity contribution in [3.63, 3.8) is 0 Å². The van der Waals surface area contributed by atoms with E-state index in [-0.39, 0.29) is 12.1 Å². The van der Waals surface area contributed by atoms with Gasteiger partial charge in [-0.05, 0) is 36.5 Å². The lowest BCUT2D eigenvalue weighted by atomic mass is 9.84. The molecular weight excluding hydrogens is 264 g/mol. The van der Waals surface area contributed by atoms with Crippen LogP contribution in [0.1, 0.15) is 44.3 Å². The van der Waals surface area contributed by atoms with Crippen molar-refractivity contribution in [2.24, 2.45) is 5.92 Å². The fourth-order valence-corrected chi connectivity index (χ4v) is 3.67. The van der Waals surface area contributed by atoms with Gasteiger partial charge in [-0.25, -0.2) is 0 Å². The first-order valence-electron chi connectivity index (χ1n) is 7.89. The predicted molar refractivity (Wildman–Crippen MR) is 82.0 cm³/mol. The molecule has 4 heteroatoms. The first kappa shape index (κ1) is 14.4. The summed E-state index contributed by atoms with van der Waals surface area (Å²) in [6.07, 6.45) is 4.88. The molecule has 3 unspecified atom stereocenters. The summed E-state index contributed by atoms with van der Waals surface area (Å²) in [5.41, 5.74) is 1.14. The molecule has 1 heterocycles. The Morgan fingerprint density at radius 2 is 1.90 bits per heavy atom. The van der Waals surface area contributed by atoms with Crippen molar-refractivity contribution < 1.29 is 9.53 Å². The average Bonchev–Trinajstić information content (AvgIpc) is 2.89. The van der Waals surface area contributed by atoms with E-state index in [1.807, 2.05) is 12.1 Å². The third kappa shape index (κ3) is 2.77. The summed E-state index contributed by atoms with van der Waals surface area (Å²) in [5, 5.41) is 3.36. The second-order valence-corrected chi connectivity index (χ2v) is 6.19. The molecule has 0 radical (unpaired) electrons. The number of hydrogen-bond donors (Lipinski definition) is 1. The van der Waals surface area contributed by atoms with E-state index in [0.29, 0.717) is 18.5 Å². The van der Waals surface area contributed by atoms with E-state index < -0.39 is 0 Å². The number of hydrogen-bond acceptors (Lipinski definition) is 3. The van der Waals surface area contributed by atoms with E-state index in [9.17, 15) is 4.79 Å². The van der Waals surface area contributed by atoms with Gasteiger partial charge in [-0.2, -0.15) is 0 Å². The van der Waals surface area contributed by atoms with Gasteiger partial charge in [0.15, 0.2) is 0 Å². The summed E-state index contributed by atoms with van der Waals surface area (Å²) in [6.45, 7) is 2.72. The van der Waals surface area contributed by atoms with E-state index in [2.05, 4.69) is 29.3 Å². The molecule has 1 aromatic rings. The maximum atomic E-state index is 12.4. The van der Waals surface area contributed by atoms with Crippen molar-refractivity contribution in [1.82, 2.24) is 10.2 Å². The number of nitrogens with zero attached hydrogens (tertiary/aromatic N) is 1. The van der Waals surface area contributed by atoms with Crippen LogP contribution in [0, 0.1) is 5.92 Å². The van der Waals surface area contributed by atoms with Crippen LogP contribution >= 0.6 is 0 Å². The SMILES string of the molecule is COc1ccc(C2NCC(=O)N2C2CCCCC2C)cc1. The molecule has 0 aromatic heterocycles. The van der Waals surface area contributed by atoms with Gasteiger partial charge in [-0.3, -0.25) is 10.1 Å². The van der Waals surface area contributed by atoms with Crippen molar-refractivity contribution in [3.8, 4) is 5.75 Å². The smallest absolute Gasteiger partial charge is 0.238 e. The first-order valence-corrected chi connectivity index (χ1v) is 7.89. The van der Waals surface area contributed by atoms with Crippen LogP contribution < -0.4 is 10.1 Å². The normalized spacial score (nSPS) is 29.7. The monoisotopic (exact) mass is 288 g/mol. The van der Waals surface area contributed by atoms with Crippen molar-refractivity contribution in [1.29, 1.82) is 0 Å². The third-order valence-electron chi connectivity index (χ3n) is 4.87. The Hall–Kier alpha value is -1.55. The molecule has 1 aliphatic heterocycles. The Morgan fingerprint density at radius 1 is 1.19 bits per heavy atom. The fourth-order valence-electron chi connectivity index (χ4n) is 3.67. The van der Waals surface area contributed by atoms with Crippen molar-refractivity contribution >= 4 is 5.91 Å². The zero-order valence-corrected chi connectivity index (χ0v) is 12.8. The largest absolute Gasteiger partial charge is 0.497 e. The molecule has 1 N–H and O–H groups in total. The lowest BCUT2D eigenvalue weighted by molar-refractivity contribution is -0.132. The van der Waals surface area contributed by atoms with Crippen LogP contribution in [0.3, 0.4) is 0 Å². The molecular formula is C17H24N2O2. The summed E-state index contributed by atoms with van der Waals surface area (Å²) >= 11 is 0. The van der Waals surface area contributed by atoms with E-state index in [0.717, 1.165) is 17.7 Å². The highest BCUT2D eigenvalue weighted by Crippen LogP contribution is 2.35. The summed E-state index contributed by atoms with van der Waals surface area (Å²) in [6, 6.07) is 8.39. The second kappa shape index (κ2) is 6.06.